The highest BCUT2D eigenvalue weighted by Crippen LogP contribution is 2.28. The molecule has 0 saturated carbocycles. The Bertz CT molecular complexity index is 1290. The van der Waals surface area contributed by atoms with Gasteiger partial charge in [-0.2, -0.15) is 5.10 Å². The summed E-state index contributed by atoms with van der Waals surface area (Å²) >= 11 is 1.50. The Morgan fingerprint density at radius 2 is 1.94 bits per heavy atom. The van der Waals surface area contributed by atoms with Gasteiger partial charge < -0.3 is 10.2 Å². The topological polar surface area (TPSA) is 67.2 Å². The van der Waals surface area contributed by atoms with E-state index in [2.05, 4.69) is 16.3 Å². The fraction of sp³-hybridized carbons (Fsp3) is 0.0800. The van der Waals surface area contributed by atoms with Crippen molar-refractivity contribution in [1.82, 2.24) is 14.7 Å². The second-order valence-electron chi connectivity index (χ2n) is 7.08. The van der Waals surface area contributed by atoms with Crippen LogP contribution < -0.4 is 5.32 Å². The van der Waals surface area contributed by atoms with Crippen molar-refractivity contribution in [2.24, 2.45) is 0 Å². The lowest BCUT2D eigenvalue weighted by Gasteiger charge is -2.16. The van der Waals surface area contributed by atoms with E-state index in [0.29, 0.717) is 22.5 Å². The van der Waals surface area contributed by atoms with Gasteiger partial charge in [0.15, 0.2) is 0 Å². The van der Waals surface area contributed by atoms with Crippen molar-refractivity contribution in [3.63, 3.8) is 0 Å². The number of carbonyl (C=O) groups is 2. The predicted molar refractivity (Wildman–Crippen MR) is 127 cm³/mol. The first-order valence-corrected chi connectivity index (χ1v) is 10.7. The van der Waals surface area contributed by atoms with Gasteiger partial charge in [-0.25, -0.2) is 4.68 Å². The summed E-state index contributed by atoms with van der Waals surface area (Å²) in [6, 6.07) is 20.4. The van der Waals surface area contributed by atoms with Gasteiger partial charge in [-0.15, -0.1) is 17.8 Å². The van der Waals surface area contributed by atoms with E-state index < -0.39 is 0 Å². The first-order valence-electron chi connectivity index (χ1n) is 9.86. The third-order valence-corrected chi connectivity index (χ3v) is 5.64. The van der Waals surface area contributed by atoms with Crippen LogP contribution in [0.1, 0.15) is 15.9 Å². The van der Waals surface area contributed by atoms with Crippen molar-refractivity contribution in [1.29, 1.82) is 0 Å². The number of rotatable bonds is 6. The maximum atomic E-state index is 13.3. The molecule has 7 heteroatoms. The van der Waals surface area contributed by atoms with E-state index in [1.165, 1.54) is 16.2 Å². The van der Waals surface area contributed by atoms with Crippen LogP contribution in [0, 0.1) is 12.3 Å². The van der Waals surface area contributed by atoms with Crippen molar-refractivity contribution in [2.45, 2.75) is 0 Å². The second kappa shape index (κ2) is 9.33. The Balaban J connectivity index is 1.55. The first-order chi connectivity index (χ1) is 15.5. The van der Waals surface area contributed by atoms with E-state index in [1.54, 1.807) is 42.2 Å². The molecule has 0 aliphatic carbocycles. The van der Waals surface area contributed by atoms with E-state index in [-0.39, 0.29) is 18.4 Å². The predicted octanol–water partition coefficient (Wildman–Crippen LogP) is 4.29. The molecule has 2 aromatic heterocycles. The standard InChI is InChI=1S/C25H20N4O2S/c1-3-18-9-7-10-19(15-18)26-23(30)17-28(2)25(31)21-16-29(20-11-5-4-6-12-20)27-24(21)22-13-8-14-32-22/h1,4-16H,17H2,2H3,(H,26,30). The lowest BCUT2D eigenvalue weighted by Crippen LogP contribution is -2.35. The van der Waals surface area contributed by atoms with Crippen molar-refractivity contribution in [3.05, 3.63) is 89.4 Å². The Hall–Kier alpha value is -4.15. The van der Waals surface area contributed by atoms with Crippen LogP contribution in [0.5, 0.6) is 0 Å². The van der Waals surface area contributed by atoms with Gasteiger partial charge in [-0.3, -0.25) is 9.59 Å². The summed E-state index contributed by atoms with van der Waals surface area (Å²) < 4.78 is 1.68. The minimum absolute atomic E-state index is 0.112. The summed E-state index contributed by atoms with van der Waals surface area (Å²) in [4.78, 5) is 28.0. The van der Waals surface area contributed by atoms with Crippen LogP contribution in [-0.2, 0) is 4.79 Å². The zero-order chi connectivity index (χ0) is 22.5. The summed E-state index contributed by atoms with van der Waals surface area (Å²) in [5, 5.41) is 9.37. The van der Waals surface area contributed by atoms with Crippen LogP contribution in [0.3, 0.4) is 0 Å². The highest BCUT2D eigenvalue weighted by atomic mass is 32.1. The number of thiophene rings is 1. The molecule has 6 nitrogen and oxygen atoms in total. The Morgan fingerprint density at radius 1 is 1.12 bits per heavy atom. The number of hydrogen-bond donors (Lipinski definition) is 1. The molecule has 4 aromatic rings. The molecule has 0 saturated heterocycles. The number of aromatic nitrogens is 2. The van der Waals surface area contributed by atoms with Gasteiger partial charge in [-0.1, -0.05) is 36.3 Å². The normalized spacial score (nSPS) is 10.4. The van der Waals surface area contributed by atoms with Gasteiger partial charge in [0.25, 0.3) is 5.91 Å². The second-order valence-corrected chi connectivity index (χ2v) is 8.03. The van der Waals surface area contributed by atoms with Gasteiger partial charge in [0.2, 0.25) is 5.91 Å². The number of hydrogen-bond acceptors (Lipinski definition) is 4. The van der Waals surface area contributed by atoms with Crippen LogP contribution in [0.15, 0.2) is 78.3 Å². The fourth-order valence-electron chi connectivity index (χ4n) is 3.22. The highest BCUT2D eigenvalue weighted by Gasteiger charge is 2.23. The van der Waals surface area contributed by atoms with E-state index in [1.807, 2.05) is 47.8 Å². The number of likely N-dealkylation sites (N-methyl/N-ethyl adjacent to an activating group) is 1. The minimum atomic E-state index is -0.317. The van der Waals surface area contributed by atoms with Gasteiger partial charge in [0, 0.05) is 24.5 Å². The molecule has 0 aliphatic rings. The van der Waals surface area contributed by atoms with Gasteiger partial charge in [-0.05, 0) is 41.8 Å². The molecule has 0 atom stereocenters. The molecule has 2 amide bonds. The zero-order valence-corrected chi connectivity index (χ0v) is 18.2. The summed E-state index contributed by atoms with van der Waals surface area (Å²) in [5.41, 5.74) is 3.12. The number of carbonyl (C=O) groups excluding carboxylic acids is 2. The average molecular weight is 441 g/mol. The van der Waals surface area contributed by atoms with Crippen LogP contribution >= 0.6 is 11.3 Å². The smallest absolute Gasteiger partial charge is 0.257 e. The monoisotopic (exact) mass is 440 g/mol. The number of benzene rings is 2. The van der Waals surface area contributed by atoms with Crippen molar-refractivity contribution < 1.29 is 9.59 Å². The Kier molecular flexibility index (Phi) is 6.15. The molecule has 0 aliphatic heterocycles. The molecule has 0 fully saturated rings. The quantitative estimate of drug-likeness (QED) is 0.455. The number of para-hydroxylation sites is 1. The number of nitrogens with zero attached hydrogens (tertiary/aromatic N) is 3. The van der Waals surface area contributed by atoms with Crippen molar-refractivity contribution in [2.75, 3.05) is 18.9 Å². The summed E-state index contributed by atoms with van der Waals surface area (Å²) in [5.74, 6) is 1.93. The molecule has 2 aromatic carbocycles. The van der Waals surface area contributed by atoms with E-state index in [0.717, 1.165) is 10.6 Å². The molecular formula is C25H20N4O2S. The molecule has 4 rings (SSSR count). The largest absolute Gasteiger partial charge is 0.332 e. The molecule has 0 unspecified atom stereocenters. The van der Waals surface area contributed by atoms with Crippen LogP contribution in [0.4, 0.5) is 5.69 Å². The number of terminal acetylenes is 1. The van der Waals surface area contributed by atoms with Crippen LogP contribution in [-0.4, -0.2) is 40.1 Å². The summed E-state index contributed by atoms with van der Waals surface area (Å²) in [6.45, 7) is -0.112. The van der Waals surface area contributed by atoms with Gasteiger partial charge in [0.1, 0.15) is 5.69 Å². The lowest BCUT2D eigenvalue weighted by atomic mass is 10.2. The molecule has 0 radical (unpaired) electrons. The molecule has 32 heavy (non-hydrogen) atoms. The first kappa shape index (κ1) is 21.1. The molecule has 2 heterocycles. The maximum Gasteiger partial charge on any atom is 0.257 e. The van der Waals surface area contributed by atoms with Crippen LogP contribution in [0.25, 0.3) is 16.3 Å². The Morgan fingerprint density at radius 3 is 2.66 bits per heavy atom. The van der Waals surface area contributed by atoms with Crippen LogP contribution in [0.2, 0.25) is 0 Å². The molecule has 158 valence electrons. The summed E-state index contributed by atoms with van der Waals surface area (Å²) in [6.07, 6.45) is 7.12. The van der Waals surface area contributed by atoms with E-state index >= 15 is 0 Å². The molecule has 0 spiro atoms. The molecular weight excluding hydrogens is 420 g/mol. The maximum absolute atomic E-state index is 13.3. The number of amides is 2. The van der Waals surface area contributed by atoms with E-state index in [9.17, 15) is 9.59 Å². The molecule has 0 bridgehead atoms. The lowest BCUT2D eigenvalue weighted by molar-refractivity contribution is -0.116. The van der Waals surface area contributed by atoms with Crippen molar-refractivity contribution in [3.8, 4) is 28.6 Å². The third-order valence-electron chi connectivity index (χ3n) is 4.76. The summed E-state index contributed by atoms with van der Waals surface area (Å²) in [7, 11) is 1.60. The van der Waals surface area contributed by atoms with Gasteiger partial charge in [0.05, 0.1) is 22.7 Å². The third kappa shape index (κ3) is 4.61. The number of nitrogens with one attached hydrogen (secondary N) is 1. The van der Waals surface area contributed by atoms with Gasteiger partial charge >= 0.3 is 0 Å². The average Bonchev–Trinajstić information content (AvgIpc) is 3.49. The van der Waals surface area contributed by atoms with Crippen molar-refractivity contribution >= 4 is 28.8 Å². The number of anilines is 1. The SMILES string of the molecule is C#Cc1cccc(NC(=O)CN(C)C(=O)c2cn(-c3ccccc3)nc2-c2cccs2)c1. The zero-order valence-electron chi connectivity index (χ0n) is 17.4. The molecule has 1 N–H and O–H groups in total. The van der Waals surface area contributed by atoms with E-state index in [4.69, 9.17) is 6.42 Å². The highest BCUT2D eigenvalue weighted by molar-refractivity contribution is 7.13. The fourth-order valence-corrected chi connectivity index (χ4v) is 3.94. The minimum Gasteiger partial charge on any atom is -0.332 e. The Labute approximate surface area is 190 Å².